The van der Waals surface area contributed by atoms with Crippen LogP contribution in [0.2, 0.25) is 0 Å². The summed E-state index contributed by atoms with van der Waals surface area (Å²) in [5.74, 6) is -1.67. The maximum Gasteiger partial charge on any atom is 0.306 e. The Morgan fingerprint density at radius 3 is 2.38 bits per heavy atom. The molecule has 2 bridgehead atoms. The van der Waals surface area contributed by atoms with Crippen LogP contribution >= 0.6 is 0 Å². The lowest BCUT2D eigenvalue weighted by Gasteiger charge is -2.72. The standard InChI is InChI=1S/C31H46O6/c1-18(2)19(3)9-10-20(25(34)35)24-21(32)17-29(8)28(24,7)13-11-22-27(6)14-12-23(33)26(4,5)31(27)16-15-30(22,29)36-37-31/h11,15-16,18,20-21,23-24,32-33H,3,9-10,12-14,17H2,1-2,4-8H3,(H,34,35)/t20?,21-,23+,24+,27-,28-,29-,30-,31-/m1/s1. The highest BCUT2D eigenvalue weighted by Gasteiger charge is 2.80. The summed E-state index contributed by atoms with van der Waals surface area (Å²) in [5, 5.41) is 33.0. The molecule has 0 aromatic heterocycles. The van der Waals surface area contributed by atoms with Gasteiger partial charge >= 0.3 is 5.97 Å². The van der Waals surface area contributed by atoms with Crippen molar-refractivity contribution >= 4 is 5.97 Å². The van der Waals surface area contributed by atoms with Crippen LogP contribution in [0.15, 0.2) is 36.0 Å². The Morgan fingerprint density at radius 2 is 1.81 bits per heavy atom. The molecular formula is C31H46O6. The van der Waals surface area contributed by atoms with E-state index in [2.05, 4.69) is 59.4 Å². The van der Waals surface area contributed by atoms with Gasteiger partial charge in [-0.25, -0.2) is 9.78 Å². The lowest BCUT2D eigenvalue weighted by atomic mass is 9.39. The smallest absolute Gasteiger partial charge is 0.306 e. The van der Waals surface area contributed by atoms with Crippen molar-refractivity contribution < 1.29 is 29.9 Å². The third-order valence-electron chi connectivity index (χ3n) is 12.3. The number of carbonyl (C=O) groups is 1. The third-order valence-corrected chi connectivity index (χ3v) is 12.3. The zero-order valence-corrected chi connectivity index (χ0v) is 23.6. The van der Waals surface area contributed by atoms with Gasteiger partial charge in [0.25, 0.3) is 0 Å². The highest BCUT2D eigenvalue weighted by molar-refractivity contribution is 5.71. The van der Waals surface area contributed by atoms with E-state index >= 15 is 0 Å². The minimum absolute atomic E-state index is 0.294. The molecule has 3 fully saturated rings. The Labute approximate surface area is 221 Å². The predicted octanol–water partition coefficient (Wildman–Crippen LogP) is 5.60. The van der Waals surface area contributed by atoms with Crippen molar-refractivity contribution in [2.45, 2.75) is 110 Å². The predicted molar refractivity (Wildman–Crippen MR) is 141 cm³/mol. The van der Waals surface area contributed by atoms with E-state index in [1.54, 1.807) is 0 Å². The Bertz CT molecular complexity index is 1070. The quantitative estimate of drug-likeness (QED) is 0.315. The number of allylic oxidation sites excluding steroid dienone is 2. The van der Waals surface area contributed by atoms with Crippen LogP contribution in [0.5, 0.6) is 0 Å². The van der Waals surface area contributed by atoms with Crippen LogP contribution in [0.1, 0.15) is 87.0 Å². The number of carboxylic acids is 1. The Kier molecular flexibility index (Phi) is 5.88. The average molecular weight is 515 g/mol. The van der Waals surface area contributed by atoms with E-state index in [0.29, 0.717) is 38.0 Å². The Morgan fingerprint density at radius 1 is 1.14 bits per heavy atom. The molecule has 2 saturated carbocycles. The average Bonchev–Trinajstić information content (AvgIpc) is 3.03. The van der Waals surface area contributed by atoms with Crippen LogP contribution in [-0.2, 0) is 14.6 Å². The lowest BCUT2D eigenvalue weighted by Crippen LogP contribution is -2.76. The van der Waals surface area contributed by atoms with Crippen molar-refractivity contribution in [1.29, 1.82) is 0 Å². The molecule has 0 aromatic carbocycles. The van der Waals surface area contributed by atoms with Gasteiger partial charge in [0.15, 0.2) is 0 Å². The van der Waals surface area contributed by atoms with Gasteiger partial charge in [-0.15, -0.1) is 0 Å². The normalized spacial score (nSPS) is 48.2. The Balaban J connectivity index is 1.60. The van der Waals surface area contributed by atoms with Gasteiger partial charge in [0.2, 0.25) is 0 Å². The van der Waals surface area contributed by atoms with Gasteiger partial charge in [0.1, 0.15) is 11.2 Å². The van der Waals surface area contributed by atoms with E-state index in [0.717, 1.165) is 12.0 Å². The number of hydrogen-bond acceptors (Lipinski definition) is 5. The fourth-order valence-electron chi connectivity index (χ4n) is 9.40. The topological polar surface area (TPSA) is 96.2 Å². The molecular weight excluding hydrogens is 468 g/mol. The number of rotatable bonds is 6. The largest absolute Gasteiger partial charge is 0.481 e. The first-order valence-electron chi connectivity index (χ1n) is 14.1. The van der Waals surface area contributed by atoms with Gasteiger partial charge in [0, 0.05) is 22.2 Å². The zero-order valence-electron chi connectivity index (χ0n) is 23.6. The van der Waals surface area contributed by atoms with Crippen LogP contribution in [0.25, 0.3) is 0 Å². The molecule has 2 heterocycles. The second kappa shape index (κ2) is 8.03. The molecule has 2 spiro atoms. The second-order valence-electron chi connectivity index (χ2n) is 14.2. The summed E-state index contributed by atoms with van der Waals surface area (Å²) in [6.45, 7) is 19.0. The molecule has 0 aromatic rings. The Hall–Kier alpha value is -1.47. The van der Waals surface area contributed by atoms with Gasteiger partial charge in [-0.2, -0.15) is 0 Å². The van der Waals surface area contributed by atoms with E-state index in [-0.39, 0.29) is 5.41 Å². The van der Waals surface area contributed by atoms with Gasteiger partial charge in [-0.05, 0) is 67.6 Å². The van der Waals surface area contributed by atoms with Crippen molar-refractivity contribution in [2.75, 3.05) is 0 Å². The van der Waals surface area contributed by atoms with Crippen molar-refractivity contribution in [2.24, 2.45) is 39.4 Å². The van der Waals surface area contributed by atoms with E-state index < -0.39 is 57.5 Å². The molecule has 1 saturated heterocycles. The molecule has 206 valence electrons. The maximum absolute atomic E-state index is 12.7. The lowest BCUT2D eigenvalue weighted by molar-refractivity contribution is -0.483. The molecule has 6 nitrogen and oxygen atoms in total. The monoisotopic (exact) mass is 514 g/mol. The van der Waals surface area contributed by atoms with Crippen LogP contribution < -0.4 is 0 Å². The van der Waals surface area contributed by atoms with Crippen molar-refractivity contribution in [1.82, 2.24) is 0 Å². The summed E-state index contributed by atoms with van der Waals surface area (Å²) in [7, 11) is 0. The van der Waals surface area contributed by atoms with Crippen molar-refractivity contribution in [3.05, 3.63) is 36.0 Å². The first-order chi connectivity index (χ1) is 17.0. The molecule has 3 N–H and O–H groups in total. The number of aliphatic hydroxyl groups excluding tert-OH is 2. The fourth-order valence-corrected chi connectivity index (χ4v) is 9.40. The first-order valence-corrected chi connectivity index (χ1v) is 14.1. The molecule has 0 amide bonds. The van der Waals surface area contributed by atoms with E-state index in [1.165, 1.54) is 5.57 Å². The van der Waals surface area contributed by atoms with Gasteiger partial charge in [0.05, 0.1) is 18.1 Å². The zero-order chi connectivity index (χ0) is 27.4. The molecule has 37 heavy (non-hydrogen) atoms. The van der Waals surface area contributed by atoms with E-state index in [4.69, 9.17) is 9.78 Å². The molecule has 0 radical (unpaired) electrons. The minimum Gasteiger partial charge on any atom is -0.481 e. The maximum atomic E-state index is 12.7. The SMILES string of the molecule is C=C(CCC(C(=O)O)[C@H]1[C@H](O)C[C@@]2(C)[C@]34C=C[C@@]5(OO3)C(C)(C)[C@@H](O)CC[C@]5(C)C4=CC[C@]12C)C(C)C. The van der Waals surface area contributed by atoms with Crippen LogP contribution in [0.4, 0.5) is 0 Å². The van der Waals surface area contributed by atoms with E-state index in [9.17, 15) is 20.1 Å². The molecule has 4 aliphatic carbocycles. The van der Waals surface area contributed by atoms with E-state index in [1.807, 2.05) is 13.8 Å². The molecule has 6 aliphatic rings. The van der Waals surface area contributed by atoms with Gasteiger partial charge in [-0.1, -0.05) is 66.7 Å². The van der Waals surface area contributed by atoms with Crippen LogP contribution in [0, 0.1) is 39.4 Å². The summed E-state index contributed by atoms with van der Waals surface area (Å²) in [6.07, 6.45) is 8.87. The highest BCUT2D eigenvalue weighted by Crippen LogP contribution is 2.77. The molecule has 6 rings (SSSR count). The second-order valence-corrected chi connectivity index (χ2v) is 14.2. The van der Waals surface area contributed by atoms with Crippen molar-refractivity contribution in [3.63, 3.8) is 0 Å². The summed E-state index contributed by atoms with van der Waals surface area (Å²) >= 11 is 0. The molecule has 2 aliphatic heterocycles. The highest BCUT2D eigenvalue weighted by atomic mass is 17.2. The summed E-state index contributed by atoms with van der Waals surface area (Å²) < 4.78 is 0. The first kappa shape index (κ1) is 27.1. The number of hydrogen-bond donors (Lipinski definition) is 3. The molecule has 6 heteroatoms. The minimum atomic E-state index is -0.894. The summed E-state index contributed by atoms with van der Waals surface area (Å²) in [4.78, 5) is 25.6. The molecule has 9 atom stereocenters. The number of aliphatic carboxylic acids is 1. The number of aliphatic hydroxyl groups is 2. The fraction of sp³-hybridized carbons (Fsp3) is 0.774. The number of fused-ring (bicyclic) bond motifs is 2. The van der Waals surface area contributed by atoms with Gasteiger partial charge < -0.3 is 15.3 Å². The van der Waals surface area contributed by atoms with Crippen molar-refractivity contribution in [3.8, 4) is 0 Å². The summed E-state index contributed by atoms with van der Waals surface area (Å²) in [5.41, 5.74) is -1.52. The van der Waals surface area contributed by atoms with Crippen LogP contribution in [0.3, 0.4) is 0 Å². The number of carboxylic acid groups (broad SMARTS) is 1. The molecule has 1 unspecified atom stereocenters. The van der Waals surface area contributed by atoms with Gasteiger partial charge in [-0.3, -0.25) is 4.79 Å². The third kappa shape index (κ3) is 2.99. The van der Waals surface area contributed by atoms with Crippen LogP contribution in [-0.4, -0.2) is 44.7 Å². The summed E-state index contributed by atoms with van der Waals surface area (Å²) in [6, 6.07) is 0.